The number of likely N-dealkylation sites (N-methyl/N-ethyl adjacent to an activating group) is 1. The third-order valence-corrected chi connectivity index (χ3v) is 3.60. The van der Waals surface area contributed by atoms with Gasteiger partial charge in [-0.1, -0.05) is 12.1 Å². The van der Waals surface area contributed by atoms with Crippen LogP contribution in [0.2, 0.25) is 0 Å². The first kappa shape index (κ1) is 14.3. The highest BCUT2D eigenvalue weighted by molar-refractivity contribution is 5.27. The van der Waals surface area contributed by atoms with Gasteiger partial charge in [0.2, 0.25) is 0 Å². The zero-order valence-corrected chi connectivity index (χ0v) is 11.8. The molecule has 0 aromatic heterocycles. The minimum absolute atomic E-state index is 0.598. The van der Waals surface area contributed by atoms with Gasteiger partial charge in [0, 0.05) is 39.1 Å². The molecule has 106 valence electrons. The molecular formula is C15H23NO3. The summed E-state index contributed by atoms with van der Waals surface area (Å²) >= 11 is 0. The Kier molecular flexibility index (Phi) is 4.80. The van der Waals surface area contributed by atoms with Gasteiger partial charge in [-0.3, -0.25) is 4.90 Å². The van der Waals surface area contributed by atoms with Crippen LogP contribution in [-0.4, -0.2) is 49.5 Å². The lowest BCUT2D eigenvalue weighted by molar-refractivity contribution is -0.0777. The van der Waals surface area contributed by atoms with Crippen LogP contribution in [0, 0.1) is 0 Å². The zero-order chi connectivity index (χ0) is 13.7. The van der Waals surface area contributed by atoms with E-state index in [1.165, 1.54) is 5.56 Å². The molecule has 1 fully saturated rings. The van der Waals surface area contributed by atoms with Gasteiger partial charge in [-0.05, 0) is 24.7 Å². The van der Waals surface area contributed by atoms with E-state index in [-0.39, 0.29) is 0 Å². The maximum Gasteiger partial charge on any atom is 0.118 e. The lowest BCUT2D eigenvalue weighted by Crippen LogP contribution is -2.45. The Bertz CT molecular complexity index is 385. The molecule has 1 N–H and O–H groups in total. The van der Waals surface area contributed by atoms with Crippen molar-refractivity contribution < 1.29 is 14.6 Å². The standard InChI is InChI=1S/C15H23NO3/c1-16(12-15(17)7-9-19-10-8-15)11-13-3-5-14(18-2)6-4-13/h3-6,17H,7-12H2,1-2H3. The fraction of sp³-hybridized carbons (Fsp3) is 0.600. The molecule has 1 heterocycles. The smallest absolute Gasteiger partial charge is 0.118 e. The Hall–Kier alpha value is -1.10. The summed E-state index contributed by atoms with van der Waals surface area (Å²) in [6, 6.07) is 8.05. The van der Waals surface area contributed by atoms with Crippen LogP contribution < -0.4 is 4.74 Å². The second-order valence-corrected chi connectivity index (χ2v) is 5.36. The monoisotopic (exact) mass is 265 g/mol. The average molecular weight is 265 g/mol. The van der Waals surface area contributed by atoms with E-state index in [0.29, 0.717) is 19.8 Å². The maximum absolute atomic E-state index is 10.5. The van der Waals surface area contributed by atoms with Crippen LogP contribution in [0.5, 0.6) is 5.75 Å². The molecule has 0 radical (unpaired) electrons. The summed E-state index contributed by atoms with van der Waals surface area (Å²) in [5.41, 5.74) is 0.624. The molecular weight excluding hydrogens is 242 g/mol. The summed E-state index contributed by atoms with van der Waals surface area (Å²) in [5, 5.41) is 10.5. The predicted octanol–water partition coefficient (Wildman–Crippen LogP) is 1.67. The van der Waals surface area contributed by atoms with Gasteiger partial charge in [-0.25, -0.2) is 0 Å². The number of hydrogen-bond donors (Lipinski definition) is 1. The van der Waals surface area contributed by atoms with Crippen LogP contribution in [0.1, 0.15) is 18.4 Å². The highest BCUT2D eigenvalue weighted by Crippen LogP contribution is 2.22. The lowest BCUT2D eigenvalue weighted by atomic mass is 9.94. The number of methoxy groups -OCH3 is 1. The van der Waals surface area contributed by atoms with Gasteiger partial charge >= 0.3 is 0 Å². The number of hydrogen-bond acceptors (Lipinski definition) is 4. The van der Waals surface area contributed by atoms with Crippen molar-refractivity contribution in [2.24, 2.45) is 0 Å². The van der Waals surface area contributed by atoms with Crippen molar-refractivity contribution in [1.29, 1.82) is 0 Å². The lowest BCUT2D eigenvalue weighted by Gasteiger charge is -2.35. The molecule has 0 bridgehead atoms. The molecule has 0 saturated carbocycles. The van der Waals surface area contributed by atoms with Gasteiger partial charge in [-0.2, -0.15) is 0 Å². The highest BCUT2D eigenvalue weighted by Gasteiger charge is 2.30. The molecule has 0 aliphatic carbocycles. The first-order chi connectivity index (χ1) is 9.11. The van der Waals surface area contributed by atoms with E-state index in [0.717, 1.165) is 25.1 Å². The first-order valence-corrected chi connectivity index (χ1v) is 6.73. The molecule has 1 aromatic carbocycles. The van der Waals surface area contributed by atoms with Crippen molar-refractivity contribution >= 4 is 0 Å². The second-order valence-electron chi connectivity index (χ2n) is 5.36. The van der Waals surface area contributed by atoms with Crippen LogP contribution in [0.3, 0.4) is 0 Å². The normalized spacial score (nSPS) is 18.5. The van der Waals surface area contributed by atoms with Crippen molar-refractivity contribution in [3.05, 3.63) is 29.8 Å². The van der Waals surface area contributed by atoms with E-state index in [1.54, 1.807) is 7.11 Å². The topological polar surface area (TPSA) is 41.9 Å². The fourth-order valence-corrected chi connectivity index (χ4v) is 2.51. The Morgan fingerprint density at radius 3 is 2.47 bits per heavy atom. The van der Waals surface area contributed by atoms with Crippen LogP contribution >= 0.6 is 0 Å². The van der Waals surface area contributed by atoms with Gasteiger partial charge in [0.15, 0.2) is 0 Å². The first-order valence-electron chi connectivity index (χ1n) is 6.73. The summed E-state index contributed by atoms with van der Waals surface area (Å²) in [6.45, 7) is 2.83. The maximum atomic E-state index is 10.5. The summed E-state index contributed by atoms with van der Waals surface area (Å²) in [6.07, 6.45) is 1.44. The molecule has 1 aromatic rings. The van der Waals surface area contributed by atoms with E-state index < -0.39 is 5.60 Å². The summed E-state index contributed by atoms with van der Waals surface area (Å²) in [4.78, 5) is 2.16. The van der Waals surface area contributed by atoms with Crippen molar-refractivity contribution in [2.75, 3.05) is 33.9 Å². The van der Waals surface area contributed by atoms with E-state index >= 15 is 0 Å². The van der Waals surface area contributed by atoms with E-state index in [2.05, 4.69) is 17.0 Å². The molecule has 1 aliphatic heterocycles. The molecule has 0 unspecified atom stereocenters. The molecule has 4 heteroatoms. The van der Waals surface area contributed by atoms with Crippen molar-refractivity contribution in [2.45, 2.75) is 25.0 Å². The van der Waals surface area contributed by atoms with E-state index in [9.17, 15) is 5.11 Å². The molecule has 1 saturated heterocycles. The van der Waals surface area contributed by atoms with Crippen LogP contribution in [0.25, 0.3) is 0 Å². The van der Waals surface area contributed by atoms with Gasteiger partial charge in [0.1, 0.15) is 5.75 Å². The molecule has 0 amide bonds. The average Bonchev–Trinajstić information content (AvgIpc) is 2.39. The van der Waals surface area contributed by atoms with E-state index in [4.69, 9.17) is 9.47 Å². The second kappa shape index (κ2) is 6.37. The summed E-state index contributed by atoms with van der Waals surface area (Å²) < 4.78 is 10.4. The van der Waals surface area contributed by atoms with Gasteiger partial charge in [0.25, 0.3) is 0 Å². The largest absolute Gasteiger partial charge is 0.497 e. The minimum Gasteiger partial charge on any atom is -0.497 e. The van der Waals surface area contributed by atoms with Crippen LogP contribution in [0.15, 0.2) is 24.3 Å². The van der Waals surface area contributed by atoms with Crippen molar-refractivity contribution in [3.8, 4) is 5.75 Å². The summed E-state index contributed by atoms with van der Waals surface area (Å²) in [7, 11) is 3.71. The van der Waals surface area contributed by atoms with Gasteiger partial charge in [0.05, 0.1) is 12.7 Å². The molecule has 19 heavy (non-hydrogen) atoms. The molecule has 2 rings (SSSR count). The zero-order valence-electron chi connectivity index (χ0n) is 11.8. The van der Waals surface area contributed by atoms with Crippen molar-refractivity contribution in [3.63, 3.8) is 0 Å². The van der Waals surface area contributed by atoms with Crippen molar-refractivity contribution in [1.82, 2.24) is 4.90 Å². The quantitative estimate of drug-likeness (QED) is 0.879. The van der Waals surface area contributed by atoms with Crippen LogP contribution in [0.4, 0.5) is 0 Å². The fourth-order valence-electron chi connectivity index (χ4n) is 2.51. The molecule has 4 nitrogen and oxygen atoms in total. The number of aliphatic hydroxyl groups is 1. The Balaban J connectivity index is 1.87. The number of benzene rings is 1. The number of nitrogens with zero attached hydrogens (tertiary/aromatic N) is 1. The Labute approximate surface area is 114 Å². The highest BCUT2D eigenvalue weighted by atomic mass is 16.5. The number of rotatable bonds is 5. The van der Waals surface area contributed by atoms with Crippen LogP contribution in [-0.2, 0) is 11.3 Å². The molecule has 1 aliphatic rings. The van der Waals surface area contributed by atoms with E-state index in [1.807, 2.05) is 19.2 Å². The molecule has 0 spiro atoms. The van der Waals surface area contributed by atoms with Gasteiger partial charge < -0.3 is 14.6 Å². The third kappa shape index (κ3) is 4.20. The SMILES string of the molecule is COc1ccc(CN(C)CC2(O)CCOCC2)cc1. The molecule has 0 atom stereocenters. The Morgan fingerprint density at radius 2 is 1.89 bits per heavy atom. The summed E-state index contributed by atoms with van der Waals surface area (Å²) in [5.74, 6) is 0.870. The number of ether oxygens (including phenoxy) is 2. The predicted molar refractivity (Wildman–Crippen MR) is 74.3 cm³/mol. The van der Waals surface area contributed by atoms with Gasteiger partial charge in [-0.15, -0.1) is 0 Å². The minimum atomic E-state index is -0.598. The Morgan fingerprint density at radius 1 is 1.26 bits per heavy atom. The third-order valence-electron chi connectivity index (χ3n) is 3.60.